The minimum atomic E-state index is 0. The Morgan fingerprint density at radius 3 is 2.89 bits per heavy atom. The Bertz CT molecular complexity index is 713. The van der Waals surface area contributed by atoms with E-state index in [1.165, 1.54) is 44.1 Å². The van der Waals surface area contributed by atoms with E-state index >= 15 is 0 Å². The van der Waals surface area contributed by atoms with Crippen molar-refractivity contribution in [3.63, 3.8) is 0 Å². The number of aromatic nitrogens is 2. The predicted molar refractivity (Wildman–Crippen MR) is 121 cm³/mol. The van der Waals surface area contributed by atoms with Crippen molar-refractivity contribution in [2.24, 2.45) is 23.4 Å². The lowest BCUT2D eigenvalue weighted by molar-refractivity contribution is -0.125. The average molecular weight is 499 g/mol. The summed E-state index contributed by atoms with van der Waals surface area (Å²) in [5, 5.41) is 8.31. The zero-order valence-electron chi connectivity index (χ0n) is 17.1. The maximum atomic E-state index is 6.16. The largest absolute Gasteiger partial charge is 0.377 e. The molecule has 1 aromatic rings. The van der Waals surface area contributed by atoms with Crippen LogP contribution in [0.15, 0.2) is 17.4 Å². The van der Waals surface area contributed by atoms with Gasteiger partial charge in [0, 0.05) is 62.8 Å². The molecule has 2 aliphatic carbocycles. The van der Waals surface area contributed by atoms with Crippen molar-refractivity contribution in [1.82, 2.24) is 20.0 Å². The summed E-state index contributed by atoms with van der Waals surface area (Å²) in [4.78, 5) is 7.38. The number of halogens is 1. The van der Waals surface area contributed by atoms with Gasteiger partial charge in [0.1, 0.15) is 0 Å². The summed E-state index contributed by atoms with van der Waals surface area (Å²) < 4.78 is 8.07. The number of guanidine groups is 1. The van der Waals surface area contributed by atoms with Gasteiger partial charge < -0.3 is 15.0 Å². The van der Waals surface area contributed by atoms with Gasteiger partial charge >= 0.3 is 0 Å². The number of nitrogens with zero attached hydrogens (tertiary/aromatic N) is 4. The molecular formula is C21H34IN5O. The van der Waals surface area contributed by atoms with Crippen LogP contribution in [0.5, 0.6) is 0 Å². The molecule has 4 atom stereocenters. The number of hydrogen-bond donors (Lipinski definition) is 1. The molecule has 1 spiro atoms. The molecule has 5 rings (SSSR count). The van der Waals surface area contributed by atoms with Gasteiger partial charge in [0.15, 0.2) is 5.96 Å². The average Bonchev–Trinajstić information content (AvgIpc) is 3.44. The minimum absolute atomic E-state index is 0. The number of aryl methyl sites for hydroxylation is 1. The molecule has 0 aromatic carbocycles. The highest BCUT2D eigenvalue weighted by Gasteiger charge is 2.65. The molecule has 1 N–H and O–H groups in total. The third-order valence-electron chi connectivity index (χ3n) is 7.56. The lowest BCUT2D eigenvalue weighted by atomic mass is 9.54. The quantitative estimate of drug-likeness (QED) is 0.395. The van der Waals surface area contributed by atoms with Crippen LogP contribution in [0.4, 0.5) is 0 Å². The van der Waals surface area contributed by atoms with Gasteiger partial charge in [-0.25, -0.2) is 0 Å². The van der Waals surface area contributed by atoms with Crippen molar-refractivity contribution < 1.29 is 4.74 Å². The highest BCUT2D eigenvalue weighted by atomic mass is 127. The van der Waals surface area contributed by atoms with E-state index in [1.54, 1.807) is 0 Å². The lowest BCUT2D eigenvalue weighted by Gasteiger charge is -2.57. The highest BCUT2D eigenvalue weighted by Crippen LogP contribution is 2.60. The summed E-state index contributed by atoms with van der Waals surface area (Å²) in [5.41, 5.74) is 1.73. The summed E-state index contributed by atoms with van der Waals surface area (Å²) in [6, 6.07) is 0.551. The fourth-order valence-corrected chi connectivity index (χ4v) is 6.31. The Balaban J connectivity index is 0.00000192. The van der Waals surface area contributed by atoms with Crippen molar-refractivity contribution in [2.45, 2.75) is 63.5 Å². The second-order valence-corrected chi connectivity index (χ2v) is 8.98. The van der Waals surface area contributed by atoms with E-state index in [9.17, 15) is 0 Å². The summed E-state index contributed by atoms with van der Waals surface area (Å²) in [7, 11) is 2.00. The Hall–Kier alpha value is -0.830. The Labute approximate surface area is 185 Å². The number of rotatable bonds is 3. The molecular weight excluding hydrogens is 465 g/mol. The fourth-order valence-electron chi connectivity index (χ4n) is 6.31. The number of aliphatic imine (C=N–C) groups is 1. The van der Waals surface area contributed by atoms with E-state index < -0.39 is 0 Å². The topological polar surface area (TPSA) is 54.7 Å². The van der Waals surface area contributed by atoms with E-state index in [0.717, 1.165) is 32.2 Å². The summed E-state index contributed by atoms with van der Waals surface area (Å²) in [5.74, 6) is 2.37. The maximum absolute atomic E-state index is 6.16. The maximum Gasteiger partial charge on any atom is 0.194 e. The van der Waals surface area contributed by atoms with E-state index in [2.05, 4.69) is 28.4 Å². The molecule has 4 fully saturated rings. The first-order chi connectivity index (χ1) is 13.2. The first kappa shape index (κ1) is 20.4. The monoisotopic (exact) mass is 499 g/mol. The van der Waals surface area contributed by atoms with Gasteiger partial charge in [-0.1, -0.05) is 12.8 Å². The Kier molecular flexibility index (Phi) is 5.93. The van der Waals surface area contributed by atoms with Gasteiger partial charge in [0.25, 0.3) is 0 Å². The van der Waals surface area contributed by atoms with Crippen LogP contribution in [-0.2, 0) is 11.8 Å². The molecule has 3 heterocycles. The van der Waals surface area contributed by atoms with E-state index in [0.29, 0.717) is 29.4 Å². The molecule has 2 aliphatic heterocycles. The number of fused-ring (bicyclic) bond motifs is 2. The third kappa shape index (κ3) is 3.26. The smallest absolute Gasteiger partial charge is 0.194 e. The number of ether oxygens (including phenoxy) is 1. The van der Waals surface area contributed by atoms with Gasteiger partial charge in [-0.2, -0.15) is 5.10 Å². The van der Waals surface area contributed by atoms with Crippen LogP contribution in [0, 0.1) is 11.3 Å². The molecule has 0 bridgehead atoms. The van der Waals surface area contributed by atoms with Gasteiger partial charge in [-0.3, -0.25) is 9.67 Å². The zero-order valence-corrected chi connectivity index (χ0v) is 19.5. The second kappa shape index (κ2) is 8.13. The first-order valence-electron chi connectivity index (χ1n) is 10.9. The molecule has 7 heteroatoms. The SMILES string of the molecule is CCN=C(NC1C2CCOC2C12CCCC2)N1CCC(c2cnn(C)c2)C1.I. The van der Waals surface area contributed by atoms with Crippen LogP contribution >= 0.6 is 24.0 Å². The summed E-state index contributed by atoms with van der Waals surface area (Å²) >= 11 is 0. The van der Waals surface area contributed by atoms with Crippen LogP contribution in [-0.4, -0.2) is 59.0 Å². The predicted octanol–water partition coefficient (Wildman–Crippen LogP) is 3.14. The molecule has 0 amide bonds. The third-order valence-corrected chi connectivity index (χ3v) is 7.56. The van der Waals surface area contributed by atoms with Gasteiger partial charge in [0.2, 0.25) is 0 Å². The Morgan fingerprint density at radius 2 is 2.18 bits per heavy atom. The highest BCUT2D eigenvalue weighted by molar-refractivity contribution is 14.0. The van der Waals surface area contributed by atoms with Crippen LogP contribution in [0.3, 0.4) is 0 Å². The van der Waals surface area contributed by atoms with Crippen molar-refractivity contribution in [3.05, 3.63) is 18.0 Å². The van der Waals surface area contributed by atoms with Crippen LogP contribution in [0.1, 0.15) is 56.9 Å². The Morgan fingerprint density at radius 1 is 1.36 bits per heavy atom. The van der Waals surface area contributed by atoms with E-state index in [1.807, 2.05) is 17.9 Å². The second-order valence-electron chi connectivity index (χ2n) is 8.98. The van der Waals surface area contributed by atoms with E-state index in [-0.39, 0.29) is 24.0 Å². The van der Waals surface area contributed by atoms with Crippen LogP contribution < -0.4 is 5.32 Å². The van der Waals surface area contributed by atoms with Gasteiger partial charge in [-0.15, -0.1) is 24.0 Å². The van der Waals surface area contributed by atoms with Gasteiger partial charge in [0.05, 0.1) is 12.3 Å². The standard InChI is InChI=1S/C21H33N5O.HI/c1-3-22-20(26-10-6-15(14-26)16-12-23-25(2)13-16)24-18-17-7-11-27-19(17)21(18)8-4-5-9-21;/h12-13,15,17-19H,3-11,14H2,1-2H3,(H,22,24);1H. The molecule has 156 valence electrons. The van der Waals surface area contributed by atoms with E-state index in [4.69, 9.17) is 9.73 Å². The fraction of sp³-hybridized carbons (Fsp3) is 0.810. The van der Waals surface area contributed by atoms with Crippen molar-refractivity contribution >= 4 is 29.9 Å². The van der Waals surface area contributed by atoms with Crippen molar-refractivity contribution in [3.8, 4) is 0 Å². The summed E-state index contributed by atoms with van der Waals surface area (Å²) in [6.07, 6.45) is 12.4. The molecule has 28 heavy (non-hydrogen) atoms. The molecule has 2 saturated carbocycles. The molecule has 1 aromatic heterocycles. The molecule has 0 radical (unpaired) electrons. The molecule has 4 unspecified atom stereocenters. The minimum Gasteiger partial charge on any atom is -0.377 e. The zero-order chi connectivity index (χ0) is 18.4. The number of hydrogen-bond acceptors (Lipinski definition) is 3. The van der Waals surface area contributed by atoms with Crippen LogP contribution in [0.25, 0.3) is 0 Å². The van der Waals surface area contributed by atoms with Crippen LogP contribution in [0.2, 0.25) is 0 Å². The van der Waals surface area contributed by atoms with Crippen molar-refractivity contribution in [1.29, 1.82) is 0 Å². The number of likely N-dealkylation sites (tertiary alicyclic amines) is 1. The van der Waals surface area contributed by atoms with Gasteiger partial charge in [-0.05, 0) is 38.2 Å². The summed E-state index contributed by atoms with van der Waals surface area (Å²) in [6.45, 7) is 6.05. The molecule has 6 nitrogen and oxygen atoms in total. The number of nitrogens with one attached hydrogen (secondary N) is 1. The first-order valence-corrected chi connectivity index (χ1v) is 10.9. The molecule has 2 saturated heterocycles. The lowest BCUT2D eigenvalue weighted by Crippen LogP contribution is -2.69. The van der Waals surface area contributed by atoms with Crippen molar-refractivity contribution in [2.75, 3.05) is 26.2 Å². The molecule has 4 aliphatic rings. The normalized spacial score (nSPS) is 33.6.